The lowest BCUT2D eigenvalue weighted by atomic mass is 9.94. The fraction of sp³-hybridized carbons (Fsp3) is 0.407. The van der Waals surface area contributed by atoms with Gasteiger partial charge in [-0.1, -0.05) is 18.2 Å². The third-order valence-electron chi connectivity index (χ3n) is 7.59. The van der Waals surface area contributed by atoms with E-state index in [-0.39, 0.29) is 37.0 Å². The minimum Gasteiger partial charge on any atom is -0.497 e. The van der Waals surface area contributed by atoms with Crippen LogP contribution in [0.3, 0.4) is 0 Å². The zero-order valence-corrected chi connectivity index (χ0v) is 21.1. The highest BCUT2D eigenvalue weighted by atomic mass is 16.6. The van der Waals surface area contributed by atoms with Crippen molar-refractivity contribution in [3.8, 4) is 5.75 Å². The number of aryl methyl sites for hydroxylation is 1. The van der Waals surface area contributed by atoms with Crippen LogP contribution < -0.4 is 15.4 Å². The monoisotopic (exact) mass is 506 g/mol. The summed E-state index contributed by atoms with van der Waals surface area (Å²) < 4.78 is 10.9. The van der Waals surface area contributed by atoms with Crippen LogP contribution in [0, 0.1) is 0 Å². The number of benzene rings is 2. The van der Waals surface area contributed by atoms with Gasteiger partial charge in [0.05, 0.1) is 13.2 Å². The largest absolute Gasteiger partial charge is 0.497 e. The normalized spacial score (nSPS) is 24.3. The molecule has 0 bridgehead atoms. The zero-order chi connectivity index (χ0) is 26.3. The first kappa shape index (κ1) is 24.6. The summed E-state index contributed by atoms with van der Waals surface area (Å²) >= 11 is 0. The average Bonchev–Trinajstić information content (AvgIpc) is 3.54. The summed E-state index contributed by atoms with van der Waals surface area (Å²) in [6.45, 7) is 1.60. The Morgan fingerprint density at radius 3 is 2.59 bits per heavy atom. The first-order valence-corrected chi connectivity index (χ1v) is 12.4. The van der Waals surface area contributed by atoms with Gasteiger partial charge in [0.15, 0.2) is 0 Å². The zero-order valence-electron chi connectivity index (χ0n) is 21.1. The molecule has 1 aliphatic carbocycles. The molecule has 37 heavy (non-hydrogen) atoms. The number of ether oxygens (including phenoxy) is 2. The standard InChI is InChI=1S/C27H30N4O6/c1-16-4-11-22(17-5-8-20(36-3)9-6-17)31(16)23(32)15-30-24(33)27(37-26(30)35)13-12-18-14-19(7-10-21(18)27)29-25(34)28-2/h5-10,14,16,22H,4,11-13,15H2,1-3H3,(H2,28,29,34). The number of rotatable bonds is 5. The highest BCUT2D eigenvalue weighted by Gasteiger charge is 2.58. The number of likely N-dealkylation sites (tertiary alicyclic amines) is 1. The van der Waals surface area contributed by atoms with E-state index in [1.165, 1.54) is 7.05 Å². The maximum atomic E-state index is 13.6. The molecule has 194 valence electrons. The number of carbonyl (C=O) groups excluding carboxylic acids is 4. The molecular formula is C27H30N4O6. The smallest absolute Gasteiger partial charge is 0.418 e. The van der Waals surface area contributed by atoms with Crippen molar-refractivity contribution in [3.05, 3.63) is 59.2 Å². The molecule has 2 saturated heterocycles. The molecule has 2 heterocycles. The molecule has 3 unspecified atom stereocenters. The SMILES string of the molecule is CNC(=O)Nc1ccc2c(c1)CCC21OC(=O)N(CC(=O)N2C(C)CCC2c2ccc(OC)cc2)C1=O. The van der Waals surface area contributed by atoms with E-state index in [1.807, 2.05) is 31.2 Å². The van der Waals surface area contributed by atoms with Crippen molar-refractivity contribution in [2.45, 2.75) is 50.3 Å². The second-order valence-electron chi connectivity index (χ2n) is 9.68. The van der Waals surface area contributed by atoms with Crippen LogP contribution >= 0.6 is 0 Å². The van der Waals surface area contributed by atoms with Crippen LogP contribution in [-0.4, -0.2) is 60.5 Å². The average molecular weight is 507 g/mol. The van der Waals surface area contributed by atoms with Gasteiger partial charge in [0, 0.05) is 30.8 Å². The van der Waals surface area contributed by atoms with Crippen LogP contribution in [0.1, 0.15) is 48.9 Å². The maximum absolute atomic E-state index is 13.6. The van der Waals surface area contributed by atoms with Gasteiger partial charge in [-0.25, -0.2) is 14.5 Å². The lowest BCUT2D eigenvalue weighted by Crippen LogP contribution is -2.46. The third-order valence-corrected chi connectivity index (χ3v) is 7.59. The third kappa shape index (κ3) is 4.16. The summed E-state index contributed by atoms with van der Waals surface area (Å²) in [5, 5.41) is 5.19. The summed E-state index contributed by atoms with van der Waals surface area (Å²) in [6.07, 6.45) is 1.59. The van der Waals surface area contributed by atoms with Gasteiger partial charge in [-0.05, 0) is 61.6 Å². The summed E-state index contributed by atoms with van der Waals surface area (Å²) in [5.74, 6) is -0.0854. The number of hydrogen-bond acceptors (Lipinski definition) is 6. The molecular weight excluding hydrogens is 476 g/mol. The molecule has 3 atom stereocenters. The molecule has 5 rings (SSSR count). The van der Waals surface area contributed by atoms with Crippen LogP contribution in [0.4, 0.5) is 15.3 Å². The van der Waals surface area contributed by atoms with Crippen LogP contribution in [0.25, 0.3) is 0 Å². The summed E-state index contributed by atoms with van der Waals surface area (Å²) in [4.78, 5) is 54.3. The van der Waals surface area contributed by atoms with Crippen molar-refractivity contribution < 1.29 is 28.7 Å². The molecule has 5 amide bonds. The predicted molar refractivity (Wildman–Crippen MR) is 134 cm³/mol. The molecule has 2 fully saturated rings. The lowest BCUT2D eigenvalue weighted by molar-refractivity contribution is -0.143. The molecule has 0 radical (unpaired) electrons. The van der Waals surface area contributed by atoms with Gasteiger partial charge in [0.25, 0.3) is 5.91 Å². The summed E-state index contributed by atoms with van der Waals surface area (Å²) in [5.41, 5.74) is 1.53. The molecule has 10 nitrogen and oxygen atoms in total. The molecule has 10 heteroatoms. The van der Waals surface area contributed by atoms with Gasteiger partial charge >= 0.3 is 12.1 Å². The van der Waals surface area contributed by atoms with Gasteiger partial charge in [0.1, 0.15) is 12.3 Å². The Morgan fingerprint density at radius 1 is 1.14 bits per heavy atom. The van der Waals surface area contributed by atoms with E-state index in [0.717, 1.165) is 34.6 Å². The Balaban J connectivity index is 1.34. The summed E-state index contributed by atoms with van der Waals surface area (Å²) in [7, 11) is 3.12. The number of urea groups is 1. The molecule has 2 aromatic rings. The van der Waals surface area contributed by atoms with E-state index in [2.05, 4.69) is 10.6 Å². The Kier molecular flexibility index (Phi) is 6.26. The van der Waals surface area contributed by atoms with Crippen molar-refractivity contribution in [2.24, 2.45) is 0 Å². The lowest BCUT2D eigenvalue weighted by Gasteiger charge is -2.30. The van der Waals surface area contributed by atoms with Gasteiger partial charge in [0.2, 0.25) is 11.5 Å². The van der Waals surface area contributed by atoms with Gasteiger partial charge in [-0.3, -0.25) is 9.59 Å². The predicted octanol–water partition coefficient (Wildman–Crippen LogP) is 3.32. The second kappa shape index (κ2) is 9.42. The van der Waals surface area contributed by atoms with E-state index in [4.69, 9.17) is 9.47 Å². The van der Waals surface area contributed by atoms with E-state index in [1.54, 1.807) is 30.2 Å². The van der Waals surface area contributed by atoms with Crippen LogP contribution in [0.15, 0.2) is 42.5 Å². The number of methoxy groups -OCH3 is 1. The Labute approximate surface area is 214 Å². The molecule has 3 aliphatic rings. The Bertz CT molecular complexity index is 1260. The van der Waals surface area contributed by atoms with E-state index in [0.29, 0.717) is 17.7 Å². The number of fused-ring (bicyclic) bond motifs is 2. The van der Waals surface area contributed by atoms with Crippen molar-refractivity contribution in [1.29, 1.82) is 0 Å². The highest BCUT2D eigenvalue weighted by Crippen LogP contribution is 2.46. The number of imide groups is 1. The topological polar surface area (TPSA) is 117 Å². The van der Waals surface area contributed by atoms with Gasteiger partial charge in [-0.2, -0.15) is 0 Å². The van der Waals surface area contributed by atoms with Crippen molar-refractivity contribution in [3.63, 3.8) is 0 Å². The van der Waals surface area contributed by atoms with E-state index < -0.39 is 17.6 Å². The molecule has 0 saturated carbocycles. The molecule has 2 N–H and O–H groups in total. The first-order chi connectivity index (χ1) is 17.8. The number of amides is 5. The van der Waals surface area contributed by atoms with Crippen LogP contribution in [0.2, 0.25) is 0 Å². The quantitative estimate of drug-likeness (QED) is 0.643. The molecule has 2 aliphatic heterocycles. The van der Waals surface area contributed by atoms with Crippen molar-refractivity contribution in [1.82, 2.24) is 15.1 Å². The first-order valence-electron chi connectivity index (χ1n) is 12.4. The minimum absolute atomic E-state index is 0.0271. The van der Waals surface area contributed by atoms with Crippen LogP contribution in [0.5, 0.6) is 5.75 Å². The number of hydrogen-bond donors (Lipinski definition) is 2. The number of carbonyl (C=O) groups is 4. The number of nitrogens with one attached hydrogen (secondary N) is 2. The maximum Gasteiger partial charge on any atom is 0.418 e. The Morgan fingerprint density at radius 2 is 1.89 bits per heavy atom. The molecule has 1 spiro atoms. The van der Waals surface area contributed by atoms with E-state index in [9.17, 15) is 19.2 Å². The van der Waals surface area contributed by atoms with E-state index >= 15 is 0 Å². The van der Waals surface area contributed by atoms with Crippen molar-refractivity contribution in [2.75, 3.05) is 26.0 Å². The summed E-state index contributed by atoms with van der Waals surface area (Å²) in [6, 6.07) is 12.2. The molecule has 0 aromatic heterocycles. The van der Waals surface area contributed by atoms with Gasteiger partial charge in [-0.15, -0.1) is 0 Å². The Hall–Kier alpha value is -4.08. The highest BCUT2D eigenvalue weighted by molar-refractivity contribution is 6.06. The second-order valence-corrected chi connectivity index (χ2v) is 9.68. The van der Waals surface area contributed by atoms with Crippen molar-refractivity contribution >= 4 is 29.6 Å². The fourth-order valence-electron chi connectivity index (χ4n) is 5.70. The van der Waals surface area contributed by atoms with Crippen LogP contribution in [-0.2, 0) is 26.3 Å². The number of nitrogens with zero attached hydrogens (tertiary/aromatic N) is 2. The fourth-order valence-corrected chi connectivity index (χ4v) is 5.70. The number of anilines is 1. The minimum atomic E-state index is -1.44. The van der Waals surface area contributed by atoms with Gasteiger partial charge < -0.3 is 25.0 Å². The molecule has 2 aromatic carbocycles.